The van der Waals surface area contributed by atoms with Crippen molar-refractivity contribution in [3.63, 3.8) is 0 Å². The molecule has 2 rings (SSSR count). The van der Waals surface area contributed by atoms with Crippen LogP contribution in [0.15, 0.2) is 16.5 Å². The van der Waals surface area contributed by atoms with Gasteiger partial charge in [-0.05, 0) is 37.8 Å². The second kappa shape index (κ2) is 5.53. The van der Waals surface area contributed by atoms with Crippen molar-refractivity contribution in [3.8, 4) is 0 Å². The lowest BCUT2D eigenvalue weighted by atomic mass is 10.00. The number of hydrogen-bond acceptors (Lipinski definition) is 2. The molecule has 0 radical (unpaired) electrons. The van der Waals surface area contributed by atoms with E-state index in [1.54, 1.807) is 0 Å². The molecule has 2 heteroatoms. The van der Waals surface area contributed by atoms with Crippen molar-refractivity contribution < 1.29 is 4.42 Å². The molecule has 0 aliphatic heterocycles. The van der Waals surface area contributed by atoms with E-state index in [0.29, 0.717) is 6.04 Å². The van der Waals surface area contributed by atoms with Gasteiger partial charge in [0.2, 0.25) is 0 Å². The Labute approximate surface area is 98.4 Å². The minimum absolute atomic E-state index is 0.623. The molecule has 16 heavy (non-hydrogen) atoms. The zero-order valence-electron chi connectivity index (χ0n) is 10.5. The van der Waals surface area contributed by atoms with Gasteiger partial charge in [0.1, 0.15) is 11.5 Å². The summed E-state index contributed by atoms with van der Waals surface area (Å²) >= 11 is 0. The van der Waals surface area contributed by atoms with Gasteiger partial charge in [0.25, 0.3) is 0 Å². The summed E-state index contributed by atoms with van der Waals surface area (Å²) in [5.41, 5.74) is 0. The van der Waals surface area contributed by atoms with Crippen molar-refractivity contribution in [2.45, 2.75) is 58.5 Å². The summed E-state index contributed by atoms with van der Waals surface area (Å²) in [7, 11) is 0. The predicted octanol–water partition coefficient (Wildman–Crippen LogP) is 3.51. The van der Waals surface area contributed by atoms with Gasteiger partial charge >= 0.3 is 0 Å². The van der Waals surface area contributed by atoms with Crippen LogP contribution in [0.25, 0.3) is 0 Å². The summed E-state index contributed by atoms with van der Waals surface area (Å²) in [6.45, 7) is 5.30. The van der Waals surface area contributed by atoms with E-state index < -0.39 is 0 Å². The Hall–Kier alpha value is -0.760. The molecule has 0 saturated heterocycles. The fourth-order valence-corrected chi connectivity index (χ4v) is 2.59. The number of aryl methyl sites for hydroxylation is 1. The summed E-state index contributed by atoms with van der Waals surface area (Å²) in [6.07, 6.45) is 6.60. The van der Waals surface area contributed by atoms with Crippen LogP contribution in [0.2, 0.25) is 0 Å². The maximum absolute atomic E-state index is 5.68. The molecule has 0 spiro atoms. The summed E-state index contributed by atoms with van der Waals surface area (Å²) < 4.78 is 5.68. The Bertz CT molecular complexity index is 312. The summed E-state index contributed by atoms with van der Waals surface area (Å²) in [5, 5.41) is 3.58. The zero-order valence-corrected chi connectivity index (χ0v) is 10.5. The van der Waals surface area contributed by atoms with Crippen LogP contribution in [-0.2, 0) is 13.0 Å². The lowest BCUT2D eigenvalue weighted by Crippen LogP contribution is -2.31. The maximum Gasteiger partial charge on any atom is 0.117 e. The average molecular weight is 221 g/mol. The number of rotatable bonds is 5. The third kappa shape index (κ3) is 2.88. The molecular weight excluding hydrogens is 198 g/mol. The molecule has 1 aromatic rings. The minimum atomic E-state index is 0.623. The average Bonchev–Trinajstić information content (AvgIpc) is 2.96. The normalized spacial score (nSPS) is 19.1. The van der Waals surface area contributed by atoms with Crippen LogP contribution >= 0.6 is 0 Å². The van der Waals surface area contributed by atoms with Crippen LogP contribution in [0.3, 0.4) is 0 Å². The molecule has 1 aliphatic carbocycles. The summed E-state index contributed by atoms with van der Waals surface area (Å²) in [5.74, 6) is 3.03. The van der Waals surface area contributed by atoms with Gasteiger partial charge in [0.15, 0.2) is 0 Å². The van der Waals surface area contributed by atoms with Crippen LogP contribution in [0.5, 0.6) is 0 Å². The molecular formula is C14H23NO. The van der Waals surface area contributed by atoms with E-state index in [4.69, 9.17) is 4.42 Å². The molecule has 1 saturated carbocycles. The first kappa shape index (κ1) is 11.7. The van der Waals surface area contributed by atoms with Crippen LogP contribution < -0.4 is 5.32 Å². The maximum atomic E-state index is 5.68. The number of nitrogens with one attached hydrogen (secondary N) is 1. The van der Waals surface area contributed by atoms with Gasteiger partial charge < -0.3 is 9.73 Å². The highest BCUT2D eigenvalue weighted by Crippen LogP contribution is 2.27. The Morgan fingerprint density at radius 3 is 2.62 bits per heavy atom. The number of hydrogen-bond donors (Lipinski definition) is 1. The summed E-state index contributed by atoms with van der Waals surface area (Å²) in [6, 6.07) is 4.79. The van der Waals surface area contributed by atoms with E-state index in [9.17, 15) is 0 Å². The lowest BCUT2D eigenvalue weighted by molar-refractivity contribution is 0.358. The van der Waals surface area contributed by atoms with Crippen LogP contribution in [-0.4, -0.2) is 6.04 Å². The van der Waals surface area contributed by atoms with Crippen molar-refractivity contribution in [2.24, 2.45) is 5.92 Å². The topological polar surface area (TPSA) is 25.2 Å². The second-order valence-corrected chi connectivity index (χ2v) is 4.94. The van der Waals surface area contributed by atoms with Gasteiger partial charge in [-0.25, -0.2) is 0 Å². The Kier molecular flexibility index (Phi) is 4.05. The SMILES string of the molecule is CCc1ccc(CN[C@H](C)C2CCCC2)o1. The van der Waals surface area contributed by atoms with Crippen LogP contribution in [0.1, 0.15) is 51.1 Å². The molecule has 1 fully saturated rings. The Balaban J connectivity index is 1.77. The van der Waals surface area contributed by atoms with E-state index in [1.807, 2.05) is 0 Å². The quantitative estimate of drug-likeness (QED) is 0.823. The minimum Gasteiger partial charge on any atom is -0.465 e. The molecule has 1 aromatic heterocycles. The van der Waals surface area contributed by atoms with E-state index >= 15 is 0 Å². The smallest absolute Gasteiger partial charge is 0.117 e. The van der Waals surface area contributed by atoms with Gasteiger partial charge in [-0.3, -0.25) is 0 Å². The molecule has 90 valence electrons. The number of furan rings is 1. The first-order valence-electron chi connectivity index (χ1n) is 6.60. The molecule has 1 aliphatic rings. The van der Waals surface area contributed by atoms with Gasteiger partial charge in [0.05, 0.1) is 6.54 Å². The lowest BCUT2D eigenvalue weighted by Gasteiger charge is -2.19. The van der Waals surface area contributed by atoms with E-state index in [0.717, 1.165) is 30.4 Å². The molecule has 0 amide bonds. The molecule has 0 aromatic carbocycles. The van der Waals surface area contributed by atoms with Gasteiger partial charge in [-0.15, -0.1) is 0 Å². The highest BCUT2D eigenvalue weighted by atomic mass is 16.3. The van der Waals surface area contributed by atoms with E-state index in [-0.39, 0.29) is 0 Å². The van der Waals surface area contributed by atoms with Crippen molar-refractivity contribution in [2.75, 3.05) is 0 Å². The zero-order chi connectivity index (χ0) is 11.4. The third-order valence-electron chi connectivity index (χ3n) is 3.77. The molecule has 1 atom stereocenters. The molecule has 1 N–H and O–H groups in total. The highest BCUT2D eigenvalue weighted by molar-refractivity contribution is 5.06. The second-order valence-electron chi connectivity index (χ2n) is 4.94. The van der Waals surface area contributed by atoms with Gasteiger partial charge in [0, 0.05) is 12.5 Å². The van der Waals surface area contributed by atoms with Crippen LogP contribution in [0.4, 0.5) is 0 Å². The first-order chi connectivity index (χ1) is 7.79. The van der Waals surface area contributed by atoms with E-state index in [1.165, 1.54) is 25.7 Å². The fraction of sp³-hybridized carbons (Fsp3) is 0.714. The monoisotopic (exact) mass is 221 g/mol. The largest absolute Gasteiger partial charge is 0.465 e. The third-order valence-corrected chi connectivity index (χ3v) is 3.77. The van der Waals surface area contributed by atoms with Crippen molar-refractivity contribution in [1.29, 1.82) is 0 Å². The fourth-order valence-electron chi connectivity index (χ4n) is 2.59. The Morgan fingerprint density at radius 1 is 1.31 bits per heavy atom. The Morgan fingerprint density at radius 2 is 2.00 bits per heavy atom. The van der Waals surface area contributed by atoms with Crippen molar-refractivity contribution in [3.05, 3.63) is 23.7 Å². The molecule has 0 bridgehead atoms. The summed E-state index contributed by atoms with van der Waals surface area (Å²) in [4.78, 5) is 0. The molecule has 2 nitrogen and oxygen atoms in total. The molecule has 0 unspecified atom stereocenters. The first-order valence-corrected chi connectivity index (χ1v) is 6.60. The van der Waals surface area contributed by atoms with Gasteiger partial charge in [-0.1, -0.05) is 19.8 Å². The van der Waals surface area contributed by atoms with Crippen LogP contribution in [0, 0.1) is 5.92 Å². The van der Waals surface area contributed by atoms with E-state index in [2.05, 4.69) is 31.3 Å². The van der Waals surface area contributed by atoms with Crippen molar-refractivity contribution in [1.82, 2.24) is 5.32 Å². The standard InChI is InChI=1S/C14H23NO/c1-3-13-8-9-14(16-13)10-15-11(2)12-6-4-5-7-12/h8-9,11-12,15H,3-7,10H2,1-2H3/t11-/m1/s1. The predicted molar refractivity (Wildman–Crippen MR) is 66.3 cm³/mol. The highest BCUT2D eigenvalue weighted by Gasteiger charge is 2.21. The van der Waals surface area contributed by atoms with Crippen molar-refractivity contribution >= 4 is 0 Å². The molecule has 1 heterocycles. The van der Waals surface area contributed by atoms with Gasteiger partial charge in [-0.2, -0.15) is 0 Å².